The second-order valence-electron chi connectivity index (χ2n) is 5.69. The zero-order valence-corrected chi connectivity index (χ0v) is 13.5. The molecule has 1 aliphatic heterocycles. The highest BCUT2D eigenvalue weighted by Gasteiger charge is 2.35. The number of piperidine rings is 1. The fraction of sp³-hybridized carbons (Fsp3) is 1.00. The van der Waals surface area contributed by atoms with Gasteiger partial charge in [-0.15, -0.1) is 0 Å². The summed E-state index contributed by atoms with van der Waals surface area (Å²) < 4.78 is 29.7. The van der Waals surface area contributed by atoms with Crippen molar-refractivity contribution in [3.05, 3.63) is 0 Å². The first-order valence-corrected chi connectivity index (χ1v) is 8.78. The molecule has 1 fully saturated rings. The van der Waals surface area contributed by atoms with Crippen molar-refractivity contribution in [1.29, 1.82) is 0 Å². The minimum Gasteiger partial charge on any atom is -0.318 e. The Bertz CT molecular complexity index is 364. The van der Waals surface area contributed by atoms with E-state index in [0.29, 0.717) is 6.54 Å². The van der Waals surface area contributed by atoms with Crippen LogP contribution in [0.15, 0.2) is 0 Å². The largest absolute Gasteiger partial charge is 0.318 e. The first-order valence-electron chi connectivity index (χ1n) is 7.34. The van der Waals surface area contributed by atoms with Gasteiger partial charge in [0.05, 0.1) is 0 Å². The molecule has 0 bridgehead atoms. The van der Waals surface area contributed by atoms with Crippen LogP contribution in [-0.4, -0.2) is 44.4 Å². The number of hydrogen-bond acceptors (Lipinski definition) is 3. The van der Waals surface area contributed by atoms with Crippen LogP contribution in [-0.2, 0) is 10.2 Å². The van der Waals surface area contributed by atoms with Gasteiger partial charge >= 0.3 is 0 Å². The normalized spacial score (nSPS) is 22.6. The molecule has 0 saturated carbocycles. The summed E-state index contributed by atoms with van der Waals surface area (Å²) in [5.74, 6) is 0. The number of nitrogens with one attached hydrogen (secondary N) is 2. The van der Waals surface area contributed by atoms with Crippen molar-refractivity contribution < 1.29 is 8.42 Å². The average Bonchev–Trinajstić information content (AvgIpc) is 2.39. The molecule has 0 aromatic rings. The predicted octanol–water partition coefficient (Wildman–Crippen LogP) is 1.47. The monoisotopic (exact) mass is 291 g/mol. The van der Waals surface area contributed by atoms with E-state index in [9.17, 15) is 8.42 Å². The molecule has 19 heavy (non-hydrogen) atoms. The van der Waals surface area contributed by atoms with Crippen LogP contribution < -0.4 is 10.0 Å². The Labute approximate surface area is 118 Å². The lowest BCUT2D eigenvalue weighted by atomic mass is 9.98. The zero-order chi connectivity index (χ0) is 14.5. The highest BCUT2D eigenvalue weighted by atomic mass is 32.2. The van der Waals surface area contributed by atoms with Crippen molar-refractivity contribution in [1.82, 2.24) is 14.3 Å². The molecule has 0 aliphatic carbocycles. The Hall–Kier alpha value is -0.170. The van der Waals surface area contributed by atoms with Crippen molar-refractivity contribution in [3.8, 4) is 0 Å². The summed E-state index contributed by atoms with van der Waals surface area (Å²) in [7, 11) is -1.52. The predicted molar refractivity (Wildman–Crippen MR) is 79.3 cm³/mol. The maximum absolute atomic E-state index is 12.6. The number of nitrogens with zero attached hydrogens (tertiary/aromatic N) is 1. The van der Waals surface area contributed by atoms with Crippen LogP contribution in [0, 0.1) is 0 Å². The highest BCUT2D eigenvalue weighted by Crippen LogP contribution is 2.22. The third-order valence-electron chi connectivity index (χ3n) is 4.26. The quantitative estimate of drug-likeness (QED) is 0.747. The van der Waals surface area contributed by atoms with Gasteiger partial charge in [-0.1, -0.05) is 20.3 Å². The molecule has 1 saturated heterocycles. The van der Waals surface area contributed by atoms with Gasteiger partial charge in [0, 0.05) is 24.7 Å². The maximum atomic E-state index is 12.6. The minimum absolute atomic E-state index is 0.0780. The molecule has 1 rings (SSSR count). The van der Waals surface area contributed by atoms with Crippen LogP contribution in [0.4, 0.5) is 0 Å². The van der Waals surface area contributed by atoms with E-state index in [2.05, 4.69) is 10.0 Å². The van der Waals surface area contributed by atoms with Crippen LogP contribution in [0.1, 0.15) is 52.9 Å². The van der Waals surface area contributed by atoms with Gasteiger partial charge in [0.15, 0.2) is 0 Å². The Kier molecular flexibility index (Phi) is 6.23. The highest BCUT2D eigenvalue weighted by molar-refractivity contribution is 7.87. The Morgan fingerprint density at radius 3 is 2.42 bits per heavy atom. The summed E-state index contributed by atoms with van der Waals surface area (Å²) in [6.45, 7) is 7.36. The van der Waals surface area contributed by atoms with E-state index in [4.69, 9.17) is 0 Å². The van der Waals surface area contributed by atoms with Gasteiger partial charge in [-0.2, -0.15) is 17.4 Å². The molecule has 0 aromatic heterocycles. The van der Waals surface area contributed by atoms with Gasteiger partial charge in [0.1, 0.15) is 0 Å². The number of rotatable bonds is 7. The van der Waals surface area contributed by atoms with Crippen LogP contribution in [0.25, 0.3) is 0 Å². The maximum Gasteiger partial charge on any atom is 0.280 e. The Balaban J connectivity index is 2.84. The molecule has 0 spiro atoms. The summed E-state index contributed by atoms with van der Waals surface area (Å²) in [4.78, 5) is 0. The van der Waals surface area contributed by atoms with Crippen molar-refractivity contribution in [2.75, 3.05) is 20.1 Å². The summed E-state index contributed by atoms with van der Waals surface area (Å²) in [6.07, 6.45) is 4.60. The fourth-order valence-electron chi connectivity index (χ4n) is 2.49. The summed E-state index contributed by atoms with van der Waals surface area (Å²) in [5, 5.41) is 3.10. The lowest BCUT2D eigenvalue weighted by Crippen LogP contribution is -2.56. The molecule has 1 heterocycles. The van der Waals surface area contributed by atoms with Crippen LogP contribution in [0.2, 0.25) is 0 Å². The number of likely N-dealkylation sites (N-methyl/N-ethyl adjacent to an activating group) is 1. The molecule has 0 amide bonds. The van der Waals surface area contributed by atoms with Crippen molar-refractivity contribution in [3.63, 3.8) is 0 Å². The van der Waals surface area contributed by atoms with Crippen LogP contribution in [0.3, 0.4) is 0 Å². The molecular formula is C13H29N3O2S. The standard InChI is InChI=1S/C13H29N3O2S/c1-5-13(3,6-2)15-19(17,18)16-10-8-7-9-12(16)11-14-4/h12,14-15H,5-11H2,1-4H3. The molecule has 1 unspecified atom stereocenters. The van der Waals surface area contributed by atoms with E-state index < -0.39 is 10.2 Å². The van der Waals surface area contributed by atoms with Crippen molar-refractivity contribution in [2.24, 2.45) is 0 Å². The van der Waals surface area contributed by atoms with E-state index in [-0.39, 0.29) is 11.6 Å². The fourth-order valence-corrected chi connectivity index (χ4v) is 4.47. The molecule has 1 aliphatic rings. The van der Waals surface area contributed by atoms with Crippen molar-refractivity contribution >= 4 is 10.2 Å². The molecule has 6 heteroatoms. The number of hydrogen-bond donors (Lipinski definition) is 2. The summed E-state index contributed by atoms with van der Waals surface area (Å²) in [5.41, 5.74) is -0.347. The molecule has 0 radical (unpaired) electrons. The van der Waals surface area contributed by atoms with Gasteiger partial charge in [0.2, 0.25) is 0 Å². The van der Waals surface area contributed by atoms with Crippen molar-refractivity contribution in [2.45, 2.75) is 64.5 Å². The van der Waals surface area contributed by atoms with Crippen LogP contribution in [0.5, 0.6) is 0 Å². The first-order chi connectivity index (χ1) is 8.88. The third kappa shape index (κ3) is 4.41. The van der Waals surface area contributed by atoms with E-state index >= 15 is 0 Å². The van der Waals surface area contributed by atoms with Gasteiger partial charge in [0.25, 0.3) is 10.2 Å². The molecule has 114 valence electrons. The van der Waals surface area contributed by atoms with Gasteiger partial charge < -0.3 is 5.32 Å². The van der Waals surface area contributed by atoms with Gasteiger partial charge in [-0.3, -0.25) is 0 Å². The molecule has 0 aromatic carbocycles. The van der Waals surface area contributed by atoms with E-state index in [1.54, 1.807) is 4.31 Å². The Morgan fingerprint density at radius 2 is 1.89 bits per heavy atom. The molecule has 1 atom stereocenters. The summed E-state index contributed by atoms with van der Waals surface area (Å²) >= 11 is 0. The minimum atomic E-state index is -3.39. The first kappa shape index (κ1) is 16.9. The van der Waals surface area contributed by atoms with E-state index in [1.165, 1.54) is 0 Å². The lowest BCUT2D eigenvalue weighted by Gasteiger charge is -2.38. The zero-order valence-electron chi connectivity index (χ0n) is 12.7. The smallest absolute Gasteiger partial charge is 0.280 e. The molecular weight excluding hydrogens is 262 g/mol. The van der Waals surface area contributed by atoms with Gasteiger partial charge in [-0.05, 0) is 39.7 Å². The average molecular weight is 291 g/mol. The van der Waals surface area contributed by atoms with E-state index in [1.807, 2.05) is 27.8 Å². The molecule has 2 N–H and O–H groups in total. The lowest BCUT2D eigenvalue weighted by molar-refractivity contribution is 0.239. The van der Waals surface area contributed by atoms with Crippen LogP contribution >= 0.6 is 0 Å². The second kappa shape index (κ2) is 7.02. The Morgan fingerprint density at radius 1 is 1.26 bits per heavy atom. The SMILES string of the molecule is CCC(C)(CC)NS(=O)(=O)N1CCCCC1CNC. The topological polar surface area (TPSA) is 61.4 Å². The van der Waals surface area contributed by atoms with E-state index in [0.717, 1.165) is 38.6 Å². The summed E-state index contributed by atoms with van der Waals surface area (Å²) in [6, 6.07) is 0.0780. The third-order valence-corrected chi connectivity index (χ3v) is 6.11. The molecule has 5 nitrogen and oxygen atoms in total. The van der Waals surface area contributed by atoms with Gasteiger partial charge in [-0.25, -0.2) is 0 Å². The second-order valence-corrected chi connectivity index (χ2v) is 7.32.